The summed E-state index contributed by atoms with van der Waals surface area (Å²) >= 11 is 0. The van der Waals surface area contributed by atoms with Crippen LogP contribution in [-0.2, 0) is 22.7 Å². The van der Waals surface area contributed by atoms with E-state index < -0.39 is 12.0 Å². The first-order chi connectivity index (χ1) is 12.5. The predicted molar refractivity (Wildman–Crippen MR) is 96.8 cm³/mol. The van der Waals surface area contributed by atoms with Gasteiger partial charge in [0.25, 0.3) is 0 Å². The van der Waals surface area contributed by atoms with Gasteiger partial charge in [-0.25, -0.2) is 4.79 Å². The molecule has 138 valence electrons. The zero-order chi connectivity index (χ0) is 18.7. The number of rotatable bonds is 7. The third kappa shape index (κ3) is 3.48. The molecule has 1 fully saturated rings. The van der Waals surface area contributed by atoms with Crippen molar-refractivity contribution in [2.45, 2.75) is 51.7 Å². The molecule has 1 aliphatic rings. The molecule has 0 aliphatic carbocycles. The summed E-state index contributed by atoms with van der Waals surface area (Å²) in [6.07, 6.45) is 2.56. The number of imide groups is 1. The molecule has 7 heteroatoms. The normalized spacial score (nSPS) is 17.5. The number of hydrogen-bond donors (Lipinski definition) is 3. The summed E-state index contributed by atoms with van der Waals surface area (Å²) in [6.45, 7) is 2.96. The highest BCUT2D eigenvalue weighted by Gasteiger charge is 2.28. The van der Waals surface area contributed by atoms with E-state index in [1.54, 1.807) is 0 Å². The number of aromatic carboxylic acids is 1. The van der Waals surface area contributed by atoms with Gasteiger partial charge in [0.2, 0.25) is 11.8 Å². The fourth-order valence-electron chi connectivity index (χ4n) is 3.46. The molecule has 7 nitrogen and oxygen atoms in total. The summed E-state index contributed by atoms with van der Waals surface area (Å²) in [5, 5.41) is 16.1. The van der Waals surface area contributed by atoms with Gasteiger partial charge in [-0.05, 0) is 18.9 Å². The number of aromatic nitrogens is 1. The lowest BCUT2D eigenvalue weighted by Gasteiger charge is -2.22. The molecule has 2 amide bonds. The number of carbonyl (C=O) groups is 3. The molecule has 1 aromatic heterocycles. The van der Waals surface area contributed by atoms with E-state index in [0.717, 1.165) is 23.7 Å². The lowest BCUT2D eigenvalue weighted by molar-refractivity contribution is -0.134. The Morgan fingerprint density at radius 2 is 2.12 bits per heavy atom. The molecule has 1 aliphatic heterocycles. The van der Waals surface area contributed by atoms with Gasteiger partial charge in [-0.1, -0.05) is 31.5 Å². The number of carboxylic acids is 1. The van der Waals surface area contributed by atoms with Crippen molar-refractivity contribution < 1.29 is 19.5 Å². The van der Waals surface area contributed by atoms with Crippen LogP contribution in [0, 0.1) is 0 Å². The molecule has 1 atom stereocenters. The van der Waals surface area contributed by atoms with E-state index in [0.29, 0.717) is 18.5 Å². The van der Waals surface area contributed by atoms with Crippen LogP contribution in [0.4, 0.5) is 0 Å². The minimum Gasteiger partial charge on any atom is -0.477 e. The first kappa shape index (κ1) is 18.1. The summed E-state index contributed by atoms with van der Waals surface area (Å²) in [5.74, 6) is -1.60. The molecular weight excluding hydrogens is 334 g/mol. The molecule has 2 aromatic rings. The van der Waals surface area contributed by atoms with E-state index in [1.165, 1.54) is 0 Å². The number of amides is 2. The SMILES string of the molecule is CCCCn1c(C(=O)O)c(CNC2CCC(=O)NC2=O)c2ccccc21. The number of aryl methyl sites for hydroxylation is 1. The zero-order valence-corrected chi connectivity index (χ0v) is 14.7. The fourth-order valence-corrected chi connectivity index (χ4v) is 3.46. The second kappa shape index (κ2) is 7.70. The minimum absolute atomic E-state index is 0.257. The monoisotopic (exact) mass is 357 g/mol. The standard InChI is InChI=1S/C19H23N3O4/c1-2-3-10-22-15-7-5-4-6-12(15)13(17(22)19(25)26)11-20-14-8-9-16(23)21-18(14)24/h4-7,14,20H,2-3,8-11H2,1H3,(H,25,26)(H,21,23,24). The molecule has 1 saturated heterocycles. The third-order valence-electron chi connectivity index (χ3n) is 4.78. The second-order valence-electron chi connectivity index (χ2n) is 6.54. The van der Waals surface area contributed by atoms with E-state index in [1.807, 2.05) is 28.8 Å². The summed E-state index contributed by atoms with van der Waals surface area (Å²) in [5.41, 5.74) is 1.83. The maximum atomic E-state index is 12.0. The van der Waals surface area contributed by atoms with Crippen LogP contribution in [0.5, 0.6) is 0 Å². The average molecular weight is 357 g/mol. The number of hydrogen-bond acceptors (Lipinski definition) is 4. The number of carbonyl (C=O) groups excluding carboxylic acids is 2. The Hall–Kier alpha value is -2.67. The number of para-hydroxylation sites is 1. The molecule has 2 heterocycles. The van der Waals surface area contributed by atoms with E-state index in [4.69, 9.17) is 0 Å². The van der Waals surface area contributed by atoms with Gasteiger partial charge in [0.05, 0.1) is 6.04 Å². The molecule has 0 radical (unpaired) electrons. The third-order valence-corrected chi connectivity index (χ3v) is 4.78. The van der Waals surface area contributed by atoms with Crippen molar-refractivity contribution in [2.75, 3.05) is 0 Å². The zero-order valence-electron chi connectivity index (χ0n) is 14.7. The van der Waals surface area contributed by atoms with E-state index >= 15 is 0 Å². The number of nitrogens with one attached hydrogen (secondary N) is 2. The number of piperidine rings is 1. The van der Waals surface area contributed by atoms with Crippen LogP contribution in [-0.4, -0.2) is 33.5 Å². The van der Waals surface area contributed by atoms with Gasteiger partial charge >= 0.3 is 5.97 Å². The van der Waals surface area contributed by atoms with Crippen LogP contribution in [0.15, 0.2) is 24.3 Å². The number of nitrogens with zero attached hydrogens (tertiary/aromatic N) is 1. The Morgan fingerprint density at radius 1 is 1.35 bits per heavy atom. The van der Waals surface area contributed by atoms with Crippen LogP contribution >= 0.6 is 0 Å². The lowest BCUT2D eigenvalue weighted by atomic mass is 10.0. The average Bonchev–Trinajstić information content (AvgIpc) is 2.93. The van der Waals surface area contributed by atoms with Crippen LogP contribution in [0.25, 0.3) is 10.9 Å². The highest BCUT2D eigenvalue weighted by molar-refractivity contribution is 6.00. The summed E-state index contributed by atoms with van der Waals surface area (Å²) in [7, 11) is 0. The Balaban J connectivity index is 1.94. The van der Waals surface area contributed by atoms with Crippen LogP contribution in [0.1, 0.15) is 48.7 Å². The second-order valence-corrected chi connectivity index (χ2v) is 6.54. The van der Waals surface area contributed by atoms with Gasteiger partial charge in [0.1, 0.15) is 5.69 Å². The molecular formula is C19H23N3O4. The number of fused-ring (bicyclic) bond motifs is 1. The Morgan fingerprint density at radius 3 is 2.81 bits per heavy atom. The highest BCUT2D eigenvalue weighted by atomic mass is 16.4. The van der Waals surface area contributed by atoms with Crippen molar-refractivity contribution in [3.63, 3.8) is 0 Å². The van der Waals surface area contributed by atoms with Gasteiger partial charge in [0, 0.05) is 36.0 Å². The van der Waals surface area contributed by atoms with Gasteiger partial charge in [-0.3, -0.25) is 14.9 Å². The van der Waals surface area contributed by atoms with Crippen LogP contribution in [0.2, 0.25) is 0 Å². The molecule has 1 aromatic carbocycles. The van der Waals surface area contributed by atoms with E-state index in [9.17, 15) is 19.5 Å². The molecule has 0 spiro atoms. The van der Waals surface area contributed by atoms with Crippen molar-refractivity contribution in [3.05, 3.63) is 35.5 Å². The summed E-state index contributed by atoms with van der Waals surface area (Å²) in [6, 6.07) is 7.12. The first-order valence-electron chi connectivity index (χ1n) is 8.93. The van der Waals surface area contributed by atoms with Gasteiger partial charge in [-0.15, -0.1) is 0 Å². The van der Waals surface area contributed by atoms with E-state index in [2.05, 4.69) is 17.6 Å². The van der Waals surface area contributed by atoms with Crippen LogP contribution < -0.4 is 10.6 Å². The number of carboxylic acid groups (broad SMARTS) is 1. The van der Waals surface area contributed by atoms with Crippen molar-refractivity contribution >= 4 is 28.7 Å². The largest absolute Gasteiger partial charge is 0.477 e. The number of benzene rings is 1. The maximum absolute atomic E-state index is 12.0. The quantitative estimate of drug-likeness (QED) is 0.659. The van der Waals surface area contributed by atoms with Crippen LogP contribution in [0.3, 0.4) is 0 Å². The molecule has 26 heavy (non-hydrogen) atoms. The van der Waals surface area contributed by atoms with Crippen molar-refractivity contribution in [2.24, 2.45) is 0 Å². The predicted octanol–water partition coefficient (Wildman–Crippen LogP) is 2.03. The minimum atomic E-state index is -0.975. The van der Waals surface area contributed by atoms with Gasteiger partial charge in [0.15, 0.2) is 0 Å². The molecule has 3 rings (SSSR count). The Bertz CT molecular complexity index is 856. The summed E-state index contributed by atoms with van der Waals surface area (Å²) in [4.78, 5) is 35.2. The smallest absolute Gasteiger partial charge is 0.352 e. The van der Waals surface area contributed by atoms with E-state index in [-0.39, 0.29) is 30.5 Å². The lowest BCUT2D eigenvalue weighted by Crippen LogP contribution is -2.50. The maximum Gasteiger partial charge on any atom is 0.352 e. The Labute approximate surface area is 151 Å². The summed E-state index contributed by atoms with van der Waals surface area (Å²) < 4.78 is 1.85. The number of unbranched alkanes of at least 4 members (excludes halogenated alkanes) is 1. The van der Waals surface area contributed by atoms with Crippen molar-refractivity contribution in [1.82, 2.24) is 15.2 Å². The molecule has 1 unspecified atom stereocenters. The van der Waals surface area contributed by atoms with Gasteiger partial charge in [-0.2, -0.15) is 0 Å². The molecule has 0 saturated carbocycles. The fraction of sp³-hybridized carbons (Fsp3) is 0.421. The van der Waals surface area contributed by atoms with Gasteiger partial charge < -0.3 is 15.0 Å². The molecule has 3 N–H and O–H groups in total. The van der Waals surface area contributed by atoms with Crippen molar-refractivity contribution in [3.8, 4) is 0 Å². The topological polar surface area (TPSA) is 100 Å². The first-order valence-corrected chi connectivity index (χ1v) is 8.93. The Kier molecular flexibility index (Phi) is 5.37. The van der Waals surface area contributed by atoms with Crippen molar-refractivity contribution in [1.29, 1.82) is 0 Å². The highest BCUT2D eigenvalue weighted by Crippen LogP contribution is 2.27. The molecule has 0 bridgehead atoms.